The Balaban J connectivity index is 2.01. The minimum absolute atomic E-state index is 0.0671. The molecule has 0 aliphatic rings. The number of nitrogens with two attached hydrogens (primary N) is 1. The van der Waals surface area contributed by atoms with Gasteiger partial charge in [0.2, 0.25) is 5.91 Å². The first kappa shape index (κ1) is 19.9. The molecule has 0 radical (unpaired) electrons. The fourth-order valence-electron chi connectivity index (χ4n) is 2.21. The van der Waals surface area contributed by atoms with Gasteiger partial charge < -0.3 is 20.9 Å². The van der Waals surface area contributed by atoms with E-state index in [0.29, 0.717) is 22.6 Å². The molecule has 142 valence electrons. The molecule has 0 spiro atoms. The third-order valence-corrected chi connectivity index (χ3v) is 3.80. The molecule has 4 N–H and O–H groups in total. The Hall–Kier alpha value is -3.46. The average Bonchev–Trinajstić information content (AvgIpc) is 2.60. The predicted octanol–water partition coefficient (Wildman–Crippen LogP) is 1.77. The maximum atomic E-state index is 12.3. The second-order valence-corrected chi connectivity index (χ2v) is 6.16. The molecule has 0 saturated heterocycles. The van der Waals surface area contributed by atoms with Crippen molar-refractivity contribution < 1.29 is 24.4 Å². The Kier molecular flexibility index (Phi) is 5.76. The summed E-state index contributed by atoms with van der Waals surface area (Å²) in [5, 5.41) is 23.7. The van der Waals surface area contributed by atoms with Gasteiger partial charge in [0.1, 0.15) is 12.4 Å². The third-order valence-electron chi connectivity index (χ3n) is 3.80. The Labute approximate surface area is 154 Å². The summed E-state index contributed by atoms with van der Waals surface area (Å²) in [4.78, 5) is 33.6. The highest BCUT2D eigenvalue weighted by molar-refractivity contribution is 5.97. The van der Waals surface area contributed by atoms with Gasteiger partial charge in [-0.25, -0.2) is 0 Å². The number of aryl methyl sites for hydroxylation is 1. The van der Waals surface area contributed by atoms with Crippen LogP contribution in [-0.2, 0) is 4.79 Å². The molecule has 2 aromatic rings. The number of hydrogen-bond acceptors (Lipinski definition) is 6. The molecular weight excluding hydrogens is 354 g/mol. The zero-order chi connectivity index (χ0) is 20.2. The second-order valence-electron chi connectivity index (χ2n) is 6.16. The van der Waals surface area contributed by atoms with E-state index in [1.807, 2.05) is 0 Å². The van der Waals surface area contributed by atoms with Crippen LogP contribution in [0.5, 0.6) is 5.75 Å². The molecule has 9 nitrogen and oxygen atoms in total. The average molecular weight is 373 g/mol. The smallest absolute Gasteiger partial charge is 0.272 e. The van der Waals surface area contributed by atoms with Crippen LogP contribution in [0.4, 0.5) is 11.4 Å². The Morgan fingerprint density at radius 3 is 2.41 bits per heavy atom. The van der Waals surface area contributed by atoms with E-state index in [2.05, 4.69) is 5.32 Å². The fourth-order valence-corrected chi connectivity index (χ4v) is 2.21. The Morgan fingerprint density at radius 1 is 1.26 bits per heavy atom. The first-order chi connectivity index (χ1) is 12.6. The molecule has 0 bridgehead atoms. The van der Waals surface area contributed by atoms with Crippen molar-refractivity contribution in [2.75, 3.05) is 11.9 Å². The summed E-state index contributed by atoms with van der Waals surface area (Å²) in [5.41, 5.74) is 4.21. The predicted molar refractivity (Wildman–Crippen MR) is 97.5 cm³/mol. The SMILES string of the molecule is Cc1cc(NC(=O)C(C)(O)COc2ccc(C(N)=O)cc2)ccc1[N+](=O)[O-]. The molecule has 0 aliphatic carbocycles. The summed E-state index contributed by atoms with van der Waals surface area (Å²) in [6.07, 6.45) is 0. The molecular formula is C18H19N3O6. The molecule has 1 atom stereocenters. The number of primary amides is 1. The Bertz CT molecular complexity index is 877. The van der Waals surface area contributed by atoms with Crippen LogP contribution < -0.4 is 15.8 Å². The quantitative estimate of drug-likeness (QED) is 0.498. The van der Waals surface area contributed by atoms with Crippen LogP contribution >= 0.6 is 0 Å². The van der Waals surface area contributed by atoms with Crippen LogP contribution in [0.15, 0.2) is 42.5 Å². The highest BCUT2D eigenvalue weighted by Gasteiger charge is 2.31. The van der Waals surface area contributed by atoms with Crippen LogP contribution in [0.1, 0.15) is 22.8 Å². The zero-order valence-electron chi connectivity index (χ0n) is 14.8. The standard InChI is InChI=1S/C18H19N3O6/c1-11-9-13(5-8-15(11)21(25)26)20-17(23)18(2,24)10-27-14-6-3-12(4-7-14)16(19)22/h3-9,24H,10H2,1-2H3,(H2,19,22)(H,20,23). The van der Waals surface area contributed by atoms with Crippen molar-refractivity contribution in [3.05, 3.63) is 63.7 Å². The van der Waals surface area contributed by atoms with Crippen molar-refractivity contribution in [2.45, 2.75) is 19.4 Å². The molecule has 1 unspecified atom stereocenters. The number of nitro groups is 1. The number of ether oxygens (including phenoxy) is 1. The highest BCUT2D eigenvalue weighted by atomic mass is 16.6. The van der Waals surface area contributed by atoms with Crippen molar-refractivity contribution >= 4 is 23.2 Å². The summed E-state index contributed by atoms with van der Waals surface area (Å²) in [6, 6.07) is 10.0. The van der Waals surface area contributed by atoms with Gasteiger partial charge in [-0.2, -0.15) is 0 Å². The van der Waals surface area contributed by atoms with E-state index in [4.69, 9.17) is 10.5 Å². The lowest BCUT2D eigenvalue weighted by Crippen LogP contribution is -2.45. The van der Waals surface area contributed by atoms with E-state index in [1.54, 1.807) is 6.92 Å². The topological polar surface area (TPSA) is 145 Å². The molecule has 2 amide bonds. The number of rotatable bonds is 7. The number of hydrogen-bond donors (Lipinski definition) is 3. The van der Waals surface area contributed by atoms with E-state index in [1.165, 1.54) is 49.4 Å². The molecule has 2 aromatic carbocycles. The number of carbonyl (C=O) groups excluding carboxylic acids is 2. The highest BCUT2D eigenvalue weighted by Crippen LogP contribution is 2.22. The van der Waals surface area contributed by atoms with Crippen LogP contribution in [0.3, 0.4) is 0 Å². The second kappa shape index (κ2) is 7.83. The largest absolute Gasteiger partial charge is 0.490 e. The molecule has 0 aliphatic heterocycles. The van der Waals surface area contributed by atoms with Crippen molar-refractivity contribution in [2.24, 2.45) is 5.73 Å². The number of nitrogens with one attached hydrogen (secondary N) is 1. The van der Waals surface area contributed by atoms with Gasteiger partial charge in [-0.3, -0.25) is 19.7 Å². The van der Waals surface area contributed by atoms with Crippen molar-refractivity contribution in [3.63, 3.8) is 0 Å². The van der Waals surface area contributed by atoms with E-state index >= 15 is 0 Å². The van der Waals surface area contributed by atoms with Gasteiger partial charge in [0.05, 0.1) is 4.92 Å². The summed E-state index contributed by atoms with van der Waals surface area (Å²) >= 11 is 0. The number of amides is 2. The number of carbonyl (C=O) groups is 2. The number of aliphatic hydroxyl groups is 1. The lowest BCUT2D eigenvalue weighted by Gasteiger charge is -2.22. The normalized spacial score (nSPS) is 12.7. The molecule has 0 saturated carbocycles. The fraction of sp³-hybridized carbons (Fsp3) is 0.222. The van der Waals surface area contributed by atoms with Gasteiger partial charge in [0, 0.05) is 22.9 Å². The Morgan fingerprint density at radius 2 is 1.89 bits per heavy atom. The zero-order valence-corrected chi connectivity index (χ0v) is 14.8. The van der Waals surface area contributed by atoms with Gasteiger partial charge in [-0.15, -0.1) is 0 Å². The van der Waals surface area contributed by atoms with Crippen molar-refractivity contribution in [1.29, 1.82) is 0 Å². The van der Waals surface area contributed by atoms with E-state index in [-0.39, 0.29) is 12.3 Å². The van der Waals surface area contributed by atoms with Crippen molar-refractivity contribution in [3.8, 4) is 5.75 Å². The monoisotopic (exact) mass is 373 g/mol. The third kappa shape index (κ3) is 5.02. The molecule has 2 rings (SSSR count). The summed E-state index contributed by atoms with van der Waals surface area (Å²) in [6.45, 7) is 2.48. The van der Waals surface area contributed by atoms with Gasteiger partial charge in [-0.1, -0.05) is 0 Å². The van der Waals surface area contributed by atoms with Gasteiger partial charge >= 0.3 is 0 Å². The van der Waals surface area contributed by atoms with Gasteiger partial charge in [0.15, 0.2) is 5.60 Å². The molecule has 0 heterocycles. The molecule has 27 heavy (non-hydrogen) atoms. The first-order valence-electron chi connectivity index (χ1n) is 7.92. The number of anilines is 1. The van der Waals surface area contributed by atoms with Crippen LogP contribution in [0.2, 0.25) is 0 Å². The van der Waals surface area contributed by atoms with Crippen LogP contribution in [0.25, 0.3) is 0 Å². The molecule has 0 aromatic heterocycles. The van der Waals surface area contributed by atoms with Gasteiger partial charge in [-0.05, 0) is 50.2 Å². The minimum Gasteiger partial charge on any atom is -0.490 e. The molecule has 0 fully saturated rings. The first-order valence-corrected chi connectivity index (χ1v) is 7.92. The lowest BCUT2D eigenvalue weighted by atomic mass is 10.1. The summed E-state index contributed by atoms with van der Waals surface area (Å²) in [5.74, 6) is -0.963. The maximum absolute atomic E-state index is 12.3. The number of nitro benzene ring substituents is 1. The van der Waals surface area contributed by atoms with Crippen LogP contribution in [0, 0.1) is 17.0 Å². The number of benzene rings is 2. The lowest BCUT2D eigenvalue weighted by molar-refractivity contribution is -0.385. The van der Waals surface area contributed by atoms with E-state index in [9.17, 15) is 24.8 Å². The van der Waals surface area contributed by atoms with Crippen LogP contribution in [-0.4, -0.2) is 34.1 Å². The minimum atomic E-state index is -1.86. The van der Waals surface area contributed by atoms with Gasteiger partial charge in [0.25, 0.3) is 11.6 Å². The van der Waals surface area contributed by atoms with E-state index < -0.39 is 22.3 Å². The summed E-state index contributed by atoms with van der Waals surface area (Å²) in [7, 11) is 0. The molecule has 9 heteroatoms. The number of nitrogens with zero attached hydrogens (tertiary/aromatic N) is 1. The summed E-state index contributed by atoms with van der Waals surface area (Å²) < 4.78 is 5.39. The maximum Gasteiger partial charge on any atom is 0.272 e. The van der Waals surface area contributed by atoms with Crippen molar-refractivity contribution in [1.82, 2.24) is 0 Å². The van der Waals surface area contributed by atoms with E-state index in [0.717, 1.165) is 0 Å².